The fourth-order valence-electron chi connectivity index (χ4n) is 1.71. The van der Waals surface area contributed by atoms with Crippen LogP contribution in [0.25, 0.3) is 10.8 Å². The van der Waals surface area contributed by atoms with E-state index in [-0.39, 0.29) is 11.8 Å². The van der Waals surface area contributed by atoms with E-state index in [1.807, 2.05) is 24.3 Å². The first-order valence-electron chi connectivity index (χ1n) is 5.51. The van der Waals surface area contributed by atoms with E-state index < -0.39 is 0 Å². The van der Waals surface area contributed by atoms with E-state index in [0.717, 1.165) is 10.8 Å². The molecule has 2 aromatic rings. The van der Waals surface area contributed by atoms with Crippen LogP contribution in [0.5, 0.6) is 0 Å². The molecule has 0 unspecified atom stereocenters. The van der Waals surface area contributed by atoms with Crippen LogP contribution >= 0.6 is 0 Å². The highest BCUT2D eigenvalue weighted by atomic mass is 16.2. The summed E-state index contributed by atoms with van der Waals surface area (Å²) in [6.07, 6.45) is 0. The predicted molar refractivity (Wildman–Crippen MR) is 70.4 cm³/mol. The highest BCUT2D eigenvalue weighted by Crippen LogP contribution is 2.24. The van der Waals surface area contributed by atoms with Gasteiger partial charge in [-0.3, -0.25) is 9.59 Å². The van der Waals surface area contributed by atoms with Crippen LogP contribution < -0.4 is 10.6 Å². The van der Waals surface area contributed by atoms with Crippen molar-refractivity contribution in [2.45, 2.75) is 13.8 Å². The number of rotatable bonds is 2. The Bertz CT molecular complexity index is 623. The molecule has 18 heavy (non-hydrogen) atoms. The molecule has 0 aliphatic carbocycles. The zero-order chi connectivity index (χ0) is 13.1. The van der Waals surface area contributed by atoms with Crippen molar-refractivity contribution in [3.63, 3.8) is 0 Å². The number of benzene rings is 1. The Labute approximate surface area is 104 Å². The Morgan fingerprint density at radius 2 is 1.72 bits per heavy atom. The molecule has 0 aliphatic rings. The first kappa shape index (κ1) is 12.0. The topological polar surface area (TPSA) is 71.1 Å². The second-order valence-electron chi connectivity index (χ2n) is 3.94. The lowest BCUT2D eigenvalue weighted by molar-refractivity contribution is -0.115. The molecule has 5 heteroatoms. The van der Waals surface area contributed by atoms with Gasteiger partial charge < -0.3 is 10.6 Å². The minimum absolute atomic E-state index is 0.201. The lowest BCUT2D eigenvalue weighted by Gasteiger charge is -2.09. The number of pyridine rings is 1. The van der Waals surface area contributed by atoms with E-state index in [2.05, 4.69) is 15.6 Å². The Morgan fingerprint density at radius 1 is 1.06 bits per heavy atom. The zero-order valence-electron chi connectivity index (χ0n) is 10.2. The number of nitrogens with one attached hydrogen (secondary N) is 2. The van der Waals surface area contributed by atoms with Gasteiger partial charge in [0.1, 0.15) is 11.6 Å². The van der Waals surface area contributed by atoms with Gasteiger partial charge in [0.15, 0.2) is 0 Å². The van der Waals surface area contributed by atoms with E-state index in [4.69, 9.17) is 0 Å². The number of aromatic nitrogens is 1. The molecule has 2 N–H and O–H groups in total. The fraction of sp³-hybridized carbons (Fsp3) is 0.154. The second-order valence-corrected chi connectivity index (χ2v) is 3.94. The molecule has 1 aromatic heterocycles. The molecule has 5 nitrogen and oxygen atoms in total. The third-order valence-electron chi connectivity index (χ3n) is 2.34. The normalized spacial score (nSPS) is 10.1. The average Bonchev–Trinajstić information content (AvgIpc) is 2.27. The summed E-state index contributed by atoms with van der Waals surface area (Å²) in [5.74, 6) is 0.466. The lowest BCUT2D eigenvalue weighted by atomic mass is 10.1. The molecule has 2 amide bonds. The molecule has 0 spiro atoms. The minimum Gasteiger partial charge on any atom is -0.311 e. The molecule has 0 fully saturated rings. The molecule has 0 saturated carbocycles. The van der Waals surface area contributed by atoms with Crippen molar-refractivity contribution in [3.8, 4) is 0 Å². The van der Waals surface area contributed by atoms with Gasteiger partial charge in [-0.15, -0.1) is 0 Å². The van der Waals surface area contributed by atoms with Crippen molar-refractivity contribution in [1.29, 1.82) is 0 Å². The summed E-state index contributed by atoms with van der Waals surface area (Å²) < 4.78 is 0. The van der Waals surface area contributed by atoms with Crippen LogP contribution in [-0.2, 0) is 9.59 Å². The van der Waals surface area contributed by atoms with Crippen LogP contribution in [0.15, 0.2) is 30.3 Å². The quantitative estimate of drug-likeness (QED) is 0.849. The highest BCUT2D eigenvalue weighted by Gasteiger charge is 2.07. The molecular weight excluding hydrogens is 230 g/mol. The Kier molecular flexibility index (Phi) is 3.23. The number of fused-ring (bicyclic) bond motifs is 1. The molecular formula is C13H13N3O2. The Morgan fingerprint density at radius 3 is 2.39 bits per heavy atom. The summed E-state index contributed by atoms with van der Waals surface area (Å²) >= 11 is 0. The molecule has 0 radical (unpaired) electrons. The number of anilines is 2. The van der Waals surface area contributed by atoms with Crippen molar-refractivity contribution in [2.24, 2.45) is 0 Å². The number of nitrogens with zero attached hydrogens (tertiary/aromatic N) is 1. The summed E-state index contributed by atoms with van der Waals surface area (Å²) in [4.78, 5) is 26.4. The van der Waals surface area contributed by atoms with Gasteiger partial charge in [0.25, 0.3) is 0 Å². The van der Waals surface area contributed by atoms with Crippen molar-refractivity contribution in [1.82, 2.24) is 4.98 Å². The molecule has 0 atom stereocenters. The van der Waals surface area contributed by atoms with E-state index in [1.54, 1.807) is 6.07 Å². The van der Waals surface area contributed by atoms with Crippen molar-refractivity contribution >= 4 is 34.2 Å². The first-order valence-corrected chi connectivity index (χ1v) is 5.51. The molecule has 92 valence electrons. The monoisotopic (exact) mass is 243 g/mol. The summed E-state index contributed by atoms with van der Waals surface area (Å²) in [6, 6.07) is 9.28. The Balaban J connectivity index is 2.56. The van der Waals surface area contributed by atoms with Gasteiger partial charge in [-0.25, -0.2) is 4.98 Å². The van der Waals surface area contributed by atoms with Crippen molar-refractivity contribution in [3.05, 3.63) is 30.3 Å². The maximum absolute atomic E-state index is 11.2. The number of amides is 2. The molecule has 0 aliphatic heterocycles. The van der Waals surface area contributed by atoms with E-state index >= 15 is 0 Å². The number of carbonyl (C=O) groups excluding carboxylic acids is 2. The smallest absolute Gasteiger partial charge is 0.222 e. The fourth-order valence-corrected chi connectivity index (χ4v) is 1.71. The van der Waals surface area contributed by atoms with Crippen LogP contribution in [-0.4, -0.2) is 16.8 Å². The molecule has 1 heterocycles. The first-order chi connectivity index (χ1) is 8.56. The van der Waals surface area contributed by atoms with Crippen LogP contribution in [0.4, 0.5) is 11.6 Å². The number of hydrogen-bond donors (Lipinski definition) is 2. The van der Waals surface area contributed by atoms with Gasteiger partial charge >= 0.3 is 0 Å². The average molecular weight is 243 g/mol. The van der Waals surface area contributed by atoms with Gasteiger partial charge in [0, 0.05) is 19.2 Å². The van der Waals surface area contributed by atoms with Crippen LogP contribution in [0.3, 0.4) is 0 Å². The van der Waals surface area contributed by atoms with Gasteiger partial charge in [-0.1, -0.05) is 24.3 Å². The van der Waals surface area contributed by atoms with Crippen molar-refractivity contribution < 1.29 is 9.59 Å². The Hall–Kier alpha value is -2.43. The second kappa shape index (κ2) is 4.83. The summed E-state index contributed by atoms with van der Waals surface area (Å²) in [5, 5.41) is 7.01. The number of carbonyl (C=O) groups is 2. The van der Waals surface area contributed by atoms with E-state index in [0.29, 0.717) is 11.6 Å². The number of hydrogen-bond acceptors (Lipinski definition) is 3. The summed E-state index contributed by atoms with van der Waals surface area (Å²) in [5.41, 5.74) is 0. The minimum atomic E-state index is -0.202. The SMILES string of the molecule is CC(=O)Nc1cc2ccccc2c(NC(C)=O)n1. The van der Waals surface area contributed by atoms with Gasteiger partial charge in [0.05, 0.1) is 0 Å². The third-order valence-corrected chi connectivity index (χ3v) is 2.34. The molecule has 0 saturated heterocycles. The van der Waals surface area contributed by atoms with Gasteiger partial charge in [-0.05, 0) is 11.5 Å². The molecule has 1 aromatic carbocycles. The largest absolute Gasteiger partial charge is 0.311 e. The van der Waals surface area contributed by atoms with Crippen molar-refractivity contribution in [2.75, 3.05) is 10.6 Å². The summed E-state index contributed by atoms with van der Waals surface area (Å²) in [7, 11) is 0. The van der Waals surface area contributed by atoms with E-state index in [9.17, 15) is 9.59 Å². The van der Waals surface area contributed by atoms with Crippen LogP contribution in [0.2, 0.25) is 0 Å². The molecule has 2 rings (SSSR count). The standard InChI is InChI=1S/C13H13N3O2/c1-8(17)14-12-7-10-5-3-4-6-11(10)13(16-12)15-9(2)18/h3-7H,1-2H3,(H2,14,15,16,17,18). The van der Waals surface area contributed by atoms with Crippen LogP contribution in [0.1, 0.15) is 13.8 Å². The van der Waals surface area contributed by atoms with E-state index in [1.165, 1.54) is 13.8 Å². The summed E-state index contributed by atoms with van der Waals surface area (Å²) in [6.45, 7) is 2.83. The zero-order valence-corrected chi connectivity index (χ0v) is 10.2. The maximum atomic E-state index is 11.2. The molecule has 0 bridgehead atoms. The maximum Gasteiger partial charge on any atom is 0.222 e. The predicted octanol–water partition coefficient (Wildman–Crippen LogP) is 2.15. The lowest BCUT2D eigenvalue weighted by Crippen LogP contribution is -2.11. The van der Waals surface area contributed by atoms with Gasteiger partial charge in [0.2, 0.25) is 11.8 Å². The van der Waals surface area contributed by atoms with Crippen LogP contribution in [0, 0.1) is 0 Å². The van der Waals surface area contributed by atoms with Gasteiger partial charge in [-0.2, -0.15) is 0 Å². The third kappa shape index (κ3) is 2.63. The highest BCUT2D eigenvalue weighted by molar-refractivity contribution is 6.01.